The van der Waals surface area contributed by atoms with Gasteiger partial charge in [-0.3, -0.25) is 0 Å². The molecule has 4 N–H and O–H groups in total. The summed E-state index contributed by atoms with van der Waals surface area (Å²) >= 11 is 0. The molecular weight excluding hydrogens is 140 g/mol. The molecule has 58 valence electrons. The number of benzene rings is 1. The van der Waals surface area contributed by atoms with Gasteiger partial charge in [0, 0.05) is 17.0 Å². The second-order valence-corrected chi connectivity index (χ2v) is 2.40. The molecular formula is C8H10N2O. The van der Waals surface area contributed by atoms with Gasteiger partial charge in [0.1, 0.15) is 5.75 Å². The van der Waals surface area contributed by atoms with Crippen LogP contribution in [0.25, 0.3) is 0 Å². The van der Waals surface area contributed by atoms with Crippen LogP contribution < -0.4 is 5.73 Å². The normalized spacial score (nSPS) is 9.55. The van der Waals surface area contributed by atoms with Gasteiger partial charge in [-0.2, -0.15) is 0 Å². The van der Waals surface area contributed by atoms with E-state index in [9.17, 15) is 0 Å². The molecule has 0 saturated carbocycles. The smallest absolute Gasteiger partial charge is 0.116 e. The van der Waals surface area contributed by atoms with E-state index < -0.39 is 0 Å². The van der Waals surface area contributed by atoms with Crippen LogP contribution in [0.2, 0.25) is 0 Å². The largest absolute Gasteiger partial charge is 0.508 e. The first-order valence-corrected chi connectivity index (χ1v) is 3.25. The van der Waals surface area contributed by atoms with Gasteiger partial charge in [-0.1, -0.05) is 0 Å². The maximum atomic E-state index is 9.03. The first kappa shape index (κ1) is 7.60. The first-order chi connectivity index (χ1) is 5.11. The van der Waals surface area contributed by atoms with Crippen molar-refractivity contribution in [3.05, 3.63) is 23.8 Å². The molecule has 0 fully saturated rings. The molecule has 1 aromatic carbocycles. The monoisotopic (exact) mass is 150 g/mol. The van der Waals surface area contributed by atoms with Crippen LogP contribution in [0.1, 0.15) is 12.5 Å². The third-order valence-corrected chi connectivity index (χ3v) is 1.44. The van der Waals surface area contributed by atoms with Crippen LogP contribution in [-0.4, -0.2) is 10.8 Å². The van der Waals surface area contributed by atoms with Gasteiger partial charge in [-0.05, 0) is 25.1 Å². The fraction of sp³-hybridized carbons (Fsp3) is 0.125. The van der Waals surface area contributed by atoms with Crippen LogP contribution in [0.15, 0.2) is 18.2 Å². The Bertz CT molecular complexity index is 294. The van der Waals surface area contributed by atoms with Gasteiger partial charge in [0.25, 0.3) is 0 Å². The van der Waals surface area contributed by atoms with Crippen molar-refractivity contribution >= 4 is 11.4 Å². The average molecular weight is 150 g/mol. The maximum Gasteiger partial charge on any atom is 0.116 e. The highest BCUT2D eigenvalue weighted by atomic mass is 16.3. The van der Waals surface area contributed by atoms with Crippen molar-refractivity contribution in [2.45, 2.75) is 6.92 Å². The molecule has 1 aromatic rings. The molecule has 3 nitrogen and oxygen atoms in total. The second kappa shape index (κ2) is 2.62. The number of phenolic OH excluding ortho intramolecular Hbond substituents is 1. The Labute approximate surface area is 65.0 Å². The van der Waals surface area contributed by atoms with Crippen molar-refractivity contribution in [3.63, 3.8) is 0 Å². The van der Waals surface area contributed by atoms with Crippen molar-refractivity contribution in [1.29, 1.82) is 5.41 Å². The average Bonchev–Trinajstić information content (AvgIpc) is 1.94. The predicted octanol–water partition coefficient (Wildman–Crippen LogP) is 1.36. The molecule has 0 amide bonds. The summed E-state index contributed by atoms with van der Waals surface area (Å²) in [7, 11) is 0. The fourth-order valence-electron chi connectivity index (χ4n) is 0.869. The molecule has 0 aliphatic carbocycles. The predicted molar refractivity (Wildman–Crippen MR) is 45.0 cm³/mol. The molecule has 3 heteroatoms. The van der Waals surface area contributed by atoms with Crippen LogP contribution in [0.5, 0.6) is 5.75 Å². The van der Waals surface area contributed by atoms with Crippen molar-refractivity contribution in [2.24, 2.45) is 0 Å². The minimum absolute atomic E-state index is 0.140. The summed E-state index contributed by atoms with van der Waals surface area (Å²) in [6, 6.07) is 4.57. The summed E-state index contributed by atoms with van der Waals surface area (Å²) in [5, 5.41) is 16.3. The van der Waals surface area contributed by atoms with Gasteiger partial charge in [0.05, 0.1) is 0 Å². The van der Waals surface area contributed by atoms with E-state index in [2.05, 4.69) is 0 Å². The number of anilines is 1. The molecule has 0 aliphatic rings. The number of nitrogens with two attached hydrogens (primary N) is 1. The number of nitrogen functional groups attached to an aromatic ring is 1. The van der Waals surface area contributed by atoms with E-state index in [1.165, 1.54) is 12.1 Å². The zero-order valence-electron chi connectivity index (χ0n) is 6.26. The summed E-state index contributed by atoms with van der Waals surface area (Å²) in [5.74, 6) is 0.140. The molecule has 0 heterocycles. The lowest BCUT2D eigenvalue weighted by molar-refractivity contribution is 0.475. The molecule has 0 aromatic heterocycles. The van der Waals surface area contributed by atoms with Gasteiger partial charge in [-0.25, -0.2) is 0 Å². The molecule has 0 aliphatic heterocycles. The van der Waals surface area contributed by atoms with E-state index in [-0.39, 0.29) is 5.75 Å². The Balaban J connectivity index is 3.23. The number of hydrogen-bond acceptors (Lipinski definition) is 3. The van der Waals surface area contributed by atoms with Gasteiger partial charge in [0.15, 0.2) is 0 Å². The number of phenols is 1. The Morgan fingerprint density at radius 3 is 2.64 bits per heavy atom. The van der Waals surface area contributed by atoms with E-state index in [0.29, 0.717) is 17.0 Å². The Hall–Kier alpha value is -1.51. The van der Waals surface area contributed by atoms with E-state index in [4.69, 9.17) is 16.2 Å². The van der Waals surface area contributed by atoms with E-state index >= 15 is 0 Å². The molecule has 0 spiro atoms. The molecule has 0 radical (unpaired) electrons. The molecule has 11 heavy (non-hydrogen) atoms. The van der Waals surface area contributed by atoms with Crippen molar-refractivity contribution < 1.29 is 5.11 Å². The number of rotatable bonds is 1. The lowest BCUT2D eigenvalue weighted by Crippen LogP contribution is -1.98. The summed E-state index contributed by atoms with van der Waals surface area (Å²) < 4.78 is 0. The van der Waals surface area contributed by atoms with Crippen LogP contribution in [0.4, 0.5) is 5.69 Å². The molecule has 0 bridgehead atoms. The fourth-order valence-corrected chi connectivity index (χ4v) is 0.869. The van der Waals surface area contributed by atoms with Gasteiger partial charge < -0.3 is 16.2 Å². The number of nitrogens with one attached hydrogen (secondary N) is 1. The minimum Gasteiger partial charge on any atom is -0.508 e. The highest BCUT2D eigenvalue weighted by Gasteiger charge is 2.01. The van der Waals surface area contributed by atoms with Crippen LogP contribution in [-0.2, 0) is 0 Å². The van der Waals surface area contributed by atoms with Crippen LogP contribution in [0, 0.1) is 5.41 Å². The quantitative estimate of drug-likeness (QED) is 0.321. The minimum atomic E-state index is 0.140. The summed E-state index contributed by atoms with van der Waals surface area (Å²) in [4.78, 5) is 0. The lowest BCUT2D eigenvalue weighted by Gasteiger charge is -2.02. The maximum absolute atomic E-state index is 9.03. The van der Waals surface area contributed by atoms with Gasteiger partial charge >= 0.3 is 0 Å². The second-order valence-electron chi connectivity index (χ2n) is 2.40. The van der Waals surface area contributed by atoms with E-state index in [1.54, 1.807) is 13.0 Å². The standard InChI is InChI=1S/C8H10N2O/c1-5(9)7-4-6(11)2-3-8(7)10/h2-4,9,11H,10H2,1H3. The Kier molecular flexibility index (Phi) is 1.81. The zero-order chi connectivity index (χ0) is 8.43. The summed E-state index contributed by atoms with van der Waals surface area (Å²) in [6.45, 7) is 1.63. The van der Waals surface area contributed by atoms with Crippen molar-refractivity contribution in [3.8, 4) is 5.75 Å². The molecule has 0 unspecified atom stereocenters. The van der Waals surface area contributed by atoms with Gasteiger partial charge in [-0.15, -0.1) is 0 Å². The third-order valence-electron chi connectivity index (χ3n) is 1.44. The van der Waals surface area contributed by atoms with Crippen LogP contribution >= 0.6 is 0 Å². The Morgan fingerprint density at radius 2 is 2.18 bits per heavy atom. The first-order valence-electron chi connectivity index (χ1n) is 3.25. The zero-order valence-corrected chi connectivity index (χ0v) is 6.26. The molecule has 0 atom stereocenters. The van der Waals surface area contributed by atoms with Crippen molar-refractivity contribution in [2.75, 3.05) is 5.73 Å². The van der Waals surface area contributed by atoms with Crippen molar-refractivity contribution in [1.82, 2.24) is 0 Å². The van der Waals surface area contributed by atoms with Crippen LogP contribution in [0.3, 0.4) is 0 Å². The Morgan fingerprint density at radius 1 is 1.55 bits per heavy atom. The summed E-state index contributed by atoms with van der Waals surface area (Å²) in [5.41, 5.74) is 7.01. The number of hydrogen-bond donors (Lipinski definition) is 3. The molecule has 0 saturated heterocycles. The van der Waals surface area contributed by atoms with Gasteiger partial charge in [0.2, 0.25) is 0 Å². The molecule has 1 rings (SSSR count). The highest BCUT2D eigenvalue weighted by Crippen LogP contribution is 2.18. The van der Waals surface area contributed by atoms with E-state index in [1.807, 2.05) is 0 Å². The number of aromatic hydroxyl groups is 1. The van der Waals surface area contributed by atoms with E-state index in [0.717, 1.165) is 0 Å². The third kappa shape index (κ3) is 1.49. The highest BCUT2D eigenvalue weighted by molar-refractivity contribution is 6.01. The topological polar surface area (TPSA) is 70.1 Å². The lowest BCUT2D eigenvalue weighted by atomic mass is 10.1. The summed E-state index contributed by atoms with van der Waals surface area (Å²) in [6.07, 6.45) is 0. The SMILES string of the molecule is CC(=N)c1cc(O)ccc1N.